The molecule has 2 aromatic carbocycles. The summed E-state index contributed by atoms with van der Waals surface area (Å²) in [7, 11) is 0. The Morgan fingerprint density at radius 3 is 1.17 bits per heavy atom. The zero-order chi connectivity index (χ0) is 13.1. The molecule has 0 aromatic heterocycles. The van der Waals surface area contributed by atoms with Crippen molar-refractivity contribution in [2.24, 2.45) is 0 Å². The van der Waals surface area contributed by atoms with Crippen molar-refractivity contribution in [3.63, 3.8) is 0 Å². The van der Waals surface area contributed by atoms with Crippen molar-refractivity contribution in [3.05, 3.63) is 85.0 Å². The van der Waals surface area contributed by atoms with Crippen molar-refractivity contribution < 1.29 is 0 Å². The van der Waals surface area contributed by atoms with E-state index in [4.69, 9.17) is 0 Å². The predicted molar refractivity (Wildman–Crippen MR) is 81.5 cm³/mol. The quantitative estimate of drug-likeness (QED) is 0.605. The maximum absolute atomic E-state index is 2.12. The largest absolute Gasteiger partial charge is 0.0877 e. The van der Waals surface area contributed by atoms with Crippen LogP contribution in [0.3, 0.4) is 0 Å². The number of hydrogen-bond acceptors (Lipinski definition) is 0. The first kappa shape index (κ1) is 14.0. The van der Waals surface area contributed by atoms with Crippen molar-refractivity contribution in [1.82, 2.24) is 0 Å². The van der Waals surface area contributed by atoms with Gasteiger partial charge >= 0.3 is 0 Å². The van der Waals surface area contributed by atoms with Crippen LogP contribution >= 0.6 is 0 Å². The fourth-order valence-corrected chi connectivity index (χ4v) is 1.48. The van der Waals surface area contributed by atoms with Gasteiger partial charge in [-0.1, -0.05) is 85.0 Å². The van der Waals surface area contributed by atoms with Crippen molar-refractivity contribution in [3.8, 4) is 11.1 Å². The minimum absolute atomic E-state index is 1.28. The Kier molecular flexibility index (Phi) is 6.99. The normalized spacial score (nSPS) is 10.3. The first-order valence-corrected chi connectivity index (χ1v) is 6.23. The highest BCUT2D eigenvalue weighted by Gasteiger charge is 1.91. The third-order valence-electron chi connectivity index (χ3n) is 2.38. The molecule has 2 rings (SSSR count). The van der Waals surface area contributed by atoms with E-state index in [0.29, 0.717) is 0 Å². The third-order valence-corrected chi connectivity index (χ3v) is 2.38. The topological polar surface area (TPSA) is 0 Å². The van der Waals surface area contributed by atoms with Crippen LogP contribution in [0.15, 0.2) is 85.0 Å². The van der Waals surface area contributed by atoms with Gasteiger partial charge in [0.05, 0.1) is 0 Å². The minimum atomic E-state index is 1.28. The van der Waals surface area contributed by atoms with Gasteiger partial charge in [-0.05, 0) is 25.0 Å². The summed E-state index contributed by atoms with van der Waals surface area (Å²) in [5.41, 5.74) is 2.55. The Hall–Kier alpha value is -2.08. The summed E-state index contributed by atoms with van der Waals surface area (Å²) in [5, 5.41) is 0. The highest BCUT2D eigenvalue weighted by Crippen LogP contribution is 2.17. The summed E-state index contributed by atoms with van der Waals surface area (Å²) in [6.45, 7) is 4.00. The molecule has 18 heavy (non-hydrogen) atoms. The van der Waals surface area contributed by atoms with Gasteiger partial charge in [0.25, 0.3) is 0 Å². The van der Waals surface area contributed by atoms with Crippen molar-refractivity contribution >= 4 is 0 Å². The second kappa shape index (κ2) is 9.00. The Bertz CT molecular complexity index is 416. The van der Waals surface area contributed by atoms with E-state index in [2.05, 4.69) is 48.5 Å². The molecular formula is C18H20. The molecule has 0 saturated heterocycles. The SMILES string of the molecule is CC=CC=CC.c1ccc(-c2ccccc2)cc1. The van der Waals surface area contributed by atoms with E-state index in [1.54, 1.807) is 0 Å². The molecule has 0 spiro atoms. The zero-order valence-electron chi connectivity index (χ0n) is 11.1. The predicted octanol–water partition coefficient (Wildman–Crippen LogP) is 5.49. The van der Waals surface area contributed by atoms with Crippen LogP contribution in [0.1, 0.15) is 13.8 Å². The summed E-state index contributed by atoms with van der Waals surface area (Å²) in [5.74, 6) is 0. The molecule has 0 atom stereocenters. The minimum Gasteiger partial charge on any atom is -0.0877 e. The number of rotatable bonds is 2. The number of hydrogen-bond donors (Lipinski definition) is 0. The van der Waals surface area contributed by atoms with Crippen LogP contribution in [0.5, 0.6) is 0 Å². The molecule has 0 radical (unpaired) electrons. The Balaban J connectivity index is 0.000000232. The monoisotopic (exact) mass is 236 g/mol. The summed E-state index contributed by atoms with van der Waals surface area (Å²) in [6, 6.07) is 20.8. The molecule has 0 amide bonds. The molecule has 0 heteroatoms. The van der Waals surface area contributed by atoms with Gasteiger partial charge in [0, 0.05) is 0 Å². The average Bonchev–Trinajstić information content (AvgIpc) is 2.48. The van der Waals surface area contributed by atoms with E-state index < -0.39 is 0 Å². The van der Waals surface area contributed by atoms with Crippen LogP contribution in [0.25, 0.3) is 11.1 Å². The maximum atomic E-state index is 2.12. The molecule has 92 valence electrons. The van der Waals surface area contributed by atoms with Gasteiger partial charge < -0.3 is 0 Å². The summed E-state index contributed by atoms with van der Waals surface area (Å²) in [4.78, 5) is 0. The van der Waals surface area contributed by atoms with Gasteiger partial charge in [0.15, 0.2) is 0 Å². The highest BCUT2D eigenvalue weighted by atomic mass is 14.0. The molecule has 2 aromatic rings. The molecule has 0 bridgehead atoms. The second-order valence-electron chi connectivity index (χ2n) is 3.78. The smallest absolute Gasteiger partial charge is 0.0184 e. The number of benzene rings is 2. The molecule has 0 nitrogen and oxygen atoms in total. The van der Waals surface area contributed by atoms with Crippen LogP contribution in [0.4, 0.5) is 0 Å². The van der Waals surface area contributed by atoms with Crippen LogP contribution in [0, 0.1) is 0 Å². The molecule has 0 aliphatic carbocycles. The molecule has 0 aliphatic heterocycles. The van der Waals surface area contributed by atoms with E-state index in [-0.39, 0.29) is 0 Å². The number of allylic oxidation sites excluding steroid dienone is 4. The van der Waals surface area contributed by atoms with Gasteiger partial charge in [-0.3, -0.25) is 0 Å². The van der Waals surface area contributed by atoms with Gasteiger partial charge in [0.1, 0.15) is 0 Å². The van der Waals surface area contributed by atoms with E-state index in [0.717, 1.165) is 0 Å². The molecule has 0 fully saturated rings. The summed E-state index contributed by atoms with van der Waals surface area (Å²) in [6.07, 6.45) is 8.00. The molecule has 0 N–H and O–H groups in total. The summed E-state index contributed by atoms with van der Waals surface area (Å²) < 4.78 is 0. The first-order valence-electron chi connectivity index (χ1n) is 6.23. The molecule has 0 unspecified atom stereocenters. The van der Waals surface area contributed by atoms with Gasteiger partial charge in [-0.15, -0.1) is 0 Å². The molecular weight excluding hydrogens is 216 g/mol. The lowest BCUT2D eigenvalue weighted by Gasteiger charge is -1.98. The lowest BCUT2D eigenvalue weighted by atomic mass is 10.1. The van der Waals surface area contributed by atoms with Crippen LogP contribution in [0.2, 0.25) is 0 Å². The zero-order valence-corrected chi connectivity index (χ0v) is 11.1. The van der Waals surface area contributed by atoms with Crippen molar-refractivity contribution in [1.29, 1.82) is 0 Å². The highest BCUT2D eigenvalue weighted by molar-refractivity contribution is 5.62. The van der Waals surface area contributed by atoms with Gasteiger partial charge in [-0.2, -0.15) is 0 Å². The fourth-order valence-electron chi connectivity index (χ4n) is 1.48. The van der Waals surface area contributed by atoms with Crippen LogP contribution in [-0.2, 0) is 0 Å². The van der Waals surface area contributed by atoms with Crippen molar-refractivity contribution in [2.45, 2.75) is 13.8 Å². The Morgan fingerprint density at radius 2 is 0.889 bits per heavy atom. The average molecular weight is 236 g/mol. The molecule has 0 aliphatic rings. The lowest BCUT2D eigenvalue weighted by Crippen LogP contribution is -1.73. The summed E-state index contributed by atoms with van der Waals surface area (Å²) >= 11 is 0. The van der Waals surface area contributed by atoms with Gasteiger partial charge in [-0.25, -0.2) is 0 Å². The van der Waals surface area contributed by atoms with Crippen molar-refractivity contribution in [2.75, 3.05) is 0 Å². The maximum Gasteiger partial charge on any atom is -0.0184 e. The van der Waals surface area contributed by atoms with Crippen LogP contribution in [-0.4, -0.2) is 0 Å². The van der Waals surface area contributed by atoms with E-state index >= 15 is 0 Å². The lowest BCUT2D eigenvalue weighted by molar-refractivity contribution is 1.62. The molecule has 0 saturated carbocycles. The standard InChI is InChI=1S/C12H10.C6H10/c1-3-7-11(8-4-1)12-9-5-2-6-10-12;1-3-5-6-4-2/h1-10H;3-6H,1-2H3. The second-order valence-corrected chi connectivity index (χ2v) is 3.78. The van der Waals surface area contributed by atoms with E-state index in [9.17, 15) is 0 Å². The van der Waals surface area contributed by atoms with Crippen LogP contribution < -0.4 is 0 Å². The Labute approximate surface area is 110 Å². The molecule has 0 heterocycles. The third kappa shape index (κ3) is 5.31. The first-order chi connectivity index (χ1) is 8.88. The Morgan fingerprint density at radius 1 is 0.556 bits per heavy atom. The van der Waals surface area contributed by atoms with E-state index in [1.165, 1.54) is 11.1 Å². The van der Waals surface area contributed by atoms with E-state index in [1.807, 2.05) is 50.3 Å². The fraction of sp³-hybridized carbons (Fsp3) is 0.111. The van der Waals surface area contributed by atoms with Gasteiger partial charge in [0.2, 0.25) is 0 Å².